The summed E-state index contributed by atoms with van der Waals surface area (Å²) >= 11 is 0. The molecule has 0 aromatic heterocycles. The van der Waals surface area contributed by atoms with Crippen LogP contribution >= 0.6 is 0 Å². The summed E-state index contributed by atoms with van der Waals surface area (Å²) < 4.78 is 0. The molecule has 0 saturated heterocycles. The van der Waals surface area contributed by atoms with Gasteiger partial charge in [-0.05, 0) is 178 Å². The second-order valence-electron chi connectivity index (χ2n) is 20.5. The van der Waals surface area contributed by atoms with Crippen molar-refractivity contribution in [2.75, 3.05) is 4.90 Å². The van der Waals surface area contributed by atoms with Gasteiger partial charge in [0.1, 0.15) is 0 Å². The first-order valence-electron chi connectivity index (χ1n) is 22.5. The van der Waals surface area contributed by atoms with Crippen LogP contribution in [0, 0.1) is 35.5 Å². The molecular weight excluding hydrogens is 687 g/mol. The average molecular weight is 738 g/mol. The van der Waals surface area contributed by atoms with Gasteiger partial charge in [0.2, 0.25) is 0 Å². The fourth-order valence-corrected chi connectivity index (χ4v) is 16.1. The lowest BCUT2D eigenvalue weighted by atomic mass is 9.43. The molecular formula is C56H51N. The van der Waals surface area contributed by atoms with Crippen molar-refractivity contribution >= 4 is 17.1 Å². The van der Waals surface area contributed by atoms with Gasteiger partial charge in [-0.1, -0.05) is 117 Å². The maximum atomic E-state index is 2.72. The highest BCUT2D eigenvalue weighted by Gasteiger charge is 2.62. The molecule has 6 saturated carbocycles. The molecule has 6 aromatic rings. The van der Waals surface area contributed by atoms with Gasteiger partial charge in [0.15, 0.2) is 0 Å². The van der Waals surface area contributed by atoms with Crippen LogP contribution in [0.25, 0.3) is 33.4 Å². The molecule has 0 amide bonds. The van der Waals surface area contributed by atoms with Gasteiger partial charge in [-0.25, -0.2) is 0 Å². The fraction of sp³-hybridized carbons (Fsp3) is 0.357. The van der Waals surface area contributed by atoms with E-state index in [1.165, 1.54) is 119 Å². The quantitative estimate of drug-likeness (QED) is 0.175. The molecule has 9 aliphatic rings. The van der Waals surface area contributed by atoms with Gasteiger partial charge >= 0.3 is 0 Å². The van der Waals surface area contributed by atoms with Crippen molar-refractivity contribution in [3.8, 4) is 33.4 Å². The summed E-state index contributed by atoms with van der Waals surface area (Å²) in [5.74, 6) is 4.93. The highest BCUT2D eigenvalue weighted by atomic mass is 15.1. The van der Waals surface area contributed by atoms with Crippen LogP contribution in [0.1, 0.15) is 105 Å². The van der Waals surface area contributed by atoms with E-state index in [-0.39, 0.29) is 16.2 Å². The van der Waals surface area contributed by atoms with E-state index in [1.807, 2.05) is 0 Å². The summed E-state index contributed by atoms with van der Waals surface area (Å²) in [5.41, 5.74) is 22.2. The first kappa shape index (κ1) is 32.1. The van der Waals surface area contributed by atoms with Crippen LogP contribution in [0.5, 0.6) is 0 Å². The third kappa shape index (κ3) is 3.80. The first-order chi connectivity index (χ1) is 27.9. The smallest absolute Gasteiger partial charge is 0.0543 e. The lowest BCUT2D eigenvalue weighted by Crippen LogP contribution is -2.55. The standard InChI is InChI=1S/C56H51N/c1-54(2)46-13-6-3-10-41(46)43-22-20-39(30-50(43)54)57(52-17-9-16-49-53(52)45-12-5-7-14-47(45)55(49)32-33-18-19-36(55)25-33)40-21-23-44-42-11-4-8-15-48(42)56(51(44)31-40)37-26-34-24-35(28-37)29-38(56)27-34/h3-17,20-23,30-31,33-38H,18-19,24-29,32H2,1-2H3/t33?,34-,35?,36-,37-,38+,55-,56+/m0/s1. The summed E-state index contributed by atoms with van der Waals surface area (Å²) in [6, 6.07) is 50.9. The van der Waals surface area contributed by atoms with Gasteiger partial charge in [0, 0.05) is 33.2 Å². The number of fused-ring (bicyclic) bond motifs is 14. The van der Waals surface area contributed by atoms with Crippen LogP contribution in [0.3, 0.4) is 0 Å². The Kier molecular flexibility index (Phi) is 6.08. The van der Waals surface area contributed by atoms with Crippen molar-refractivity contribution in [1.29, 1.82) is 0 Å². The van der Waals surface area contributed by atoms with E-state index < -0.39 is 0 Å². The summed E-state index contributed by atoms with van der Waals surface area (Å²) in [7, 11) is 0. The van der Waals surface area contributed by atoms with E-state index in [9.17, 15) is 0 Å². The minimum atomic E-state index is -0.0734. The molecule has 57 heavy (non-hydrogen) atoms. The summed E-state index contributed by atoms with van der Waals surface area (Å²) in [5, 5.41) is 0. The zero-order valence-electron chi connectivity index (χ0n) is 33.4. The van der Waals surface area contributed by atoms with Crippen LogP contribution in [0.2, 0.25) is 0 Å². The molecule has 280 valence electrons. The fourth-order valence-electron chi connectivity index (χ4n) is 16.1. The molecule has 0 aliphatic heterocycles. The number of benzene rings is 6. The molecule has 1 unspecified atom stereocenters. The molecule has 1 nitrogen and oxygen atoms in total. The zero-order valence-corrected chi connectivity index (χ0v) is 33.4. The molecule has 6 aromatic carbocycles. The minimum absolute atomic E-state index is 0.0734. The third-order valence-corrected chi connectivity index (χ3v) is 17.9. The van der Waals surface area contributed by atoms with Crippen LogP contribution in [0.4, 0.5) is 17.1 Å². The number of anilines is 3. The predicted molar refractivity (Wildman–Crippen MR) is 234 cm³/mol. The van der Waals surface area contributed by atoms with Crippen molar-refractivity contribution in [3.63, 3.8) is 0 Å². The molecule has 1 heteroatoms. The molecule has 0 radical (unpaired) electrons. The van der Waals surface area contributed by atoms with Crippen LogP contribution in [-0.2, 0) is 16.2 Å². The van der Waals surface area contributed by atoms with Crippen molar-refractivity contribution in [1.82, 2.24) is 0 Å². The lowest BCUT2D eigenvalue weighted by Gasteiger charge is -2.61. The summed E-state index contributed by atoms with van der Waals surface area (Å²) in [6.45, 7) is 4.87. The Hall–Kier alpha value is -4.88. The third-order valence-electron chi connectivity index (χ3n) is 17.9. The highest BCUT2D eigenvalue weighted by Crippen LogP contribution is 2.71. The normalized spacial score (nSPS) is 31.7. The molecule has 6 bridgehead atoms. The maximum absolute atomic E-state index is 2.72. The van der Waals surface area contributed by atoms with E-state index in [0.29, 0.717) is 0 Å². The van der Waals surface area contributed by atoms with E-state index in [1.54, 1.807) is 22.3 Å². The van der Waals surface area contributed by atoms with Crippen molar-refractivity contribution in [3.05, 3.63) is 161 Å². The Morgan fingerprint density at radius 3 is 1.68 bits per heavy atom. The number of hydrogen-bond donors (Lipinski definition) is 0. The Labute approximate surface area is 338 Å². The van der Waals surface area contributed by atoms with Crippen LogP contribution in [0.15, 0.2) is 127 Å². The lowest BCUT2D eigenvalue weighted by molar-refractivity contribution is -0.0399. The Morgan fingerprint density at radius 1 is 0.439 bits per heavy atom. The van der Waals surface area contributed by atoms with Gasteiger partial charge in [-0.2, -0.15) is 0 Å². The molecule has 2 spiro atoms. The molecule has 0 N–H and O–H groups in total. The van der Waals surface area contributed by atoms with Gasteiger partial charge in [-0.3, -0.25) is 0 Å². The Balaban J connectivity index is 1.03. The molecule has 9 aliphatic carbocycles. The largest absolute Gasteiger partial charge is 0.310 e. The SMILES string of the molecule is CC1(C)c2ccccc2-c2ccc(N(c3ccc4c(c3)[C@]3(c5ccccc5-4)[C@@H]4CC5C[C@@H](C4)C[C@@H]3C5)c3cccc4c3-c3ccccc3[C@@]43CC4CC[C@H]3C4)cc21. The Bertz CT molecular complexity index is 2700. The van der Waals surface area contributed by atoms with E-state index in [2.05, 4.69) is 146 Å². The van der Waals surface area contributed by atoms with E-state index >= 15 is 0 Å². The predicted octanol–water partition coefficient (Wildman–Crippen LogP) is 14.3. The van der Waals surface area contributed by atoms with Gasteiger partial charge < -0.3 is 4.90 Å². The van der Waals surface area contributed by atoms with Gasteiger partial charge in [0.25, 0.3) is 0 Å². The maximum Gasteiger partial charge on any atom is 0.0543 e. The van der Waals surface area contributed by atoms with Gasteiger partial charge in [0.05, 0.1) is 5.69 Å². The summed E-state index contributed by atoms with van der Waals surface area (Å²) in [4.78, 5) is 2.72. The number of rotatable bonds is 3. The van der Waals surface area contributed by atoms with Crippen molar-refractivity contribution < 1.29 is 0 Å². The van der Waals surface area contributed by atoms with Crippen molar-refractivity contribution in [2.24, 2.45) is 35.5 Å². The number of nitrogens with zero attached hydrogens (tertiary/aromatic N) is 1. The molecule has 6 fully saturated rings. The van der Waals surface area contributed by atoms with E-state index in [4.69, 9.17) is 0 Å². The second-order valence-corrected chi connectivity index (χ2v) is 20.5. The van der Waals surface area contributed by atoms with E-state index in [0.717, 1.165) is 35.5 Å². The zero-order chi connectivity index (χ0) is 37.4. The number of hydrogen-bond acceptors (Lipinski definition) is 1. The summed E-state index contributed by atoms with van der Waals surface area (Å²) in [6.07, 6.45) is 12.6. The molecule has 3 atom stereocenters. The monoisotopic (exact) mass is 737 g/mol. The average Bonchev–Trinajstić information content (AvgIpc) is 4.03. The molecule has 0 heterocycles. The van der Waals surface area contributed by atoms with Crippen LogP contribution < -0.4 is 4.90 Å². The topological polar surface area (TPSA) is 3.24 Å². The minimum Gasteiger partial charge on any atom is -0.310 e. The highest BCUT2D eigenvalue weighted by molar-refractivity contribution is 5.97. The first-order valence-corrected chi connectivity index (χ1v) is 22.5. The van der Waals surface area contributed by atoms with Crippen LogP contribution in [-0.4, -0.2) is 0 Å². The van der Waals surface area contributed by atoms with Gasteiger partial charge in [-0.15, -0.1) is 0 Å². The second kappa shape index (κ2) is 10.8. The molecule has 15 rings (SSSR count). The Morgan fingerprint density at radius 2 is 1.00 bits per heavy atom. The van der Waals surface area contributed by atoms with Crippen molar-refractivity contribution in [2.45, 2.75) is 87.9 Å².